The molecule has 0 N–H and O–H groups in total. The first-order chi connectivity index (χ1) is 9.65. The smallest absolute Gasteiger partial charge is 0.320 e. The standard InChI is InChI=1S/C15H30N2O3/c1-5-7-15(8-6-2)13-16(9-11-19-3)14(18)17(15)10-12-20-4/h5-13H2,1-4H3. The van der Waals surface area contributed by atoms with Crippen LogP contribution in [0.3, 0.4) is 0 Å². The lowest BCUT2D eigenvalue weighted by Gasteiger charge is -2.37. The Bertz CT molecular complexity index is 291. The second-order valence-corrected chi connectivity index (χ2v) is 5.57. The second-order valence-electron chi connectivity index (χ2n) is 5.57. The van der Waals surface area contributed by atoms with E-state index in [1.54, 1.807) is 14.2 Å². The Morgan fingerprint density at radius 1 is 1.05 bits per heavy atom. The summed E-state index contributed by atoms with van der Waals surface area (Å²) in [7, 11) is 3.36. The van der Waals surface area contributed by atoms with E-state index in [0.29, 0.717) is 26.3 Å². The maximum Gasteiger partial charge on any atom is 0.320 e. The van der Waals surface area contributed by atoms with E-state index < -0.39 is 0 Å². The number of carbonyl (C=O) groups is 1. The Labute approximate surface area is 123 Å². The van der Waals surface area contributed by atoms with Gasteiger partial charge < -0.3 is 19.3 Å². The lowest BCUT2D eigenvalue weighted by molar-refractivity contribution is 0.0989. The van der Waals surface area contributed by atoms with Gasteiger partial charge in [0.05, 0.1) is 18.8 Å². The molecule has 0 unspecified atom stereocenters. The van der Waals surface area contributed by atoms with Crippen molar-refractivity contribution in [3.05, 3.63) is 0 Å². The number of hydrogen-bond donors (Lipinski definition) is 0. The van der Waals surface area contributed by atoms with Gasteiger partial charge in [0.15, 0.2) is 0 Å². The average molecular weight is 286 g/mol. The highest BCUT2D eigenvalue weighted by Gasteiger charge is 2.47. The summed E-state index contributed by atoms with van der Waals surface area (Å²) in [6, 6.07) is 0.140. The topological polar surface area (TPSA) is 42.0 Å². The summed E-state index contributed by atoms with van der Waals surface area (Å²) in [5, 5.41) is 0. The van der Waals surface area contributed by atoms with Gasteiger partial charge in [-0.3, -0.25) is 0 Å². The molecule has 0 atom stereocenters. The van der Waals surface area contributed by atoms with Gasteiger partial charge in [0.1, 0.15) is 0 Å². The van der Waals surface area contributed by atoms with Crippen LogP contribution in [0, 0.1) is 0 Å². The maximum atomic E-state index is 12.6. The Kier molecular flexibility index (Phi) is 7.30. The number of methoxy groups -OCH3 is 2. The molecule has 0 aromatic rings. The lowest BCUT2D eigenvalue weighted by atomic mass is 9.88. The molecule has 0 spiro atoms. The van der Waals surface area contributed by atoms with Crippen molar-refractivity contribution < 1.29 is 14.3 Å². The molecule has 0 bridgehead atoms. The third-order valence-corrected chi connectivity index (χ3v) is 4.07. The van der Waals surface area contributed by atoms with Crippen LogP contribution in [0.5, 0.6) is 0 Å². The summed E-state index contributed by atoms with van der Waals surface area (Å²) in [5.74, 6) is 0. The van der Waals surface area contributed by atoms with E-state index in [0.717, 1.165) is 32.2 Å². The quantitative estimate of drug-likeness (QED) is 0.619. The highest BCUT2D eigenvalue weighted by molar-refractivity contribution is 5.78. The van der Waals surface area contributed by atoms with E-state index in [-0.39, 0.29) is 11.6 Å². The molecule has 20 heavy (non-hydrogen) atoms. The molecular formula is C15H30N2O3. The van der Waals surface area contributed by atoms with Gasteiger partial charge in [0.25, 0.3) is 0 Å². The Morgan fingerprint density at radius 2 is 1.60 bits per heavy atom. The fourth-order valence-electron chi connectivity index (χ4n) is 3.26. The number of hydrogen-bond acceptors (Lipinski definition) is 3. The van der Waals surface area contributed by atoms with Gasteiger partial charge in [0.2, 0.25) is 0 Å². The molecular weight excluding hydrogens is 256 g/mol. The molecule has 2 amide bonds. The molecule has 1 rings (SSSR count). The van der Waals surface area contributed by atoms with Crippen LogP contribution in [0.1, 0.15) is 39.5 Å². The highest BCUT2D eigenvalue weighted by Crippen LogP contribution is 2.34. The van der Waals surface area contributed by atoms with Crippen molar-refractivity contribution in [3.63, 3.8) is 0 Å². The molecule has 5 heteroatoms. The zero-order chi connectivity index (χ0) is 15.0. The fraction of sp³-hybridized carbons (Fsp3) is 0.933. The molecule has 1 aliphatic rings. The predicted octanol–water partition coefficient (Wildman–Crippen LogP) is 2.36. The normalized spacial score (nSPS) is 18.1. The highest BCUT2D eigenvalue weighted by atomic mass is 16.5. The van der Waals surface area contributed by atoms with Crippen molar-refractivity contribution in [2.24, 2.45) is 0 Å². The van der Waals surface area contributed by atoms with Crippen LogP contribution in [0.15, 0.2) is 0 Å². The van der Waals surface area contributed by atoms with E-state index in [4.69, 9.17) is 9.47 Å². The van der Waals surface area contributed by atoms with Gasteiger partial charge in [-0.1, -0.05) is 26.7 Å². The first-order valence-electron chi connectivity index (χ1n) is 7.69. The number of rotatable bonds is 10. The van der Waals surface area contributed by atoms with E-state index >= 15 is 0 Å². The number of amides is 2. The van der Waals surface area contributed by atoms with Crippen molar-refractivity contribution >= 4 is 6.03 Å². The van der Waals surface area contributed by atoms with Gasteiger partial charge in [0, 0.05) is 33.9 Å². The molecule has 0 aromatic heterocycles. The summed E-state index contributed by atoms with van der Waals surface area (Å²) in [6.45, 7) is 7.74. The molecule has 0 saturated carbocycles. The van der Waals surface area contributed by atoms with Crippen molar-refractivity contribution in [1.29, 1.82) is 0 Å². The van der Waals surface area contributed by atoms with Crippen LogP contribution < -0.4 is 0 Å². The molecule has 0 aliphatic carbocycles. The number of carbonyl (C=O) groups excluding carboxylic acids is 1. The van der Waals surface area contributed by atoms with Gasteiger partial charge in [-0.2, -0.15) is 0 Å². The number of urea groups is 1. The molecule has 1 aliphatic heterocycles. The van der Waals surface area contributed by atoms with E-state index in [2.05, 4.69) is 13.8 Å². The molecule has 118 valence electrons. The van der Waals surface area contributed by atoms with E-state index in [1.165, 1.54) is 0 Å². The van der Waals surface area contributed by atoms with Gasteiger partial charge in [-0.25, -0.2) is 4.79 Å². The largest absolute Gasteiger partial charge is 0.383 e. The maximum absolute atomic E-state index is 12.6. The SMILES string of the molecule is CCCC1(CCC)CN(CCOC)C(=O)N1CCOC. The minimum absolute atomic E-state index is 0.0210. The predicted molar refractivity (Wildman–Crippen MR) is 80.0 cm³/mol. The molecule has 1 heterocycles. The van der Waals surface area contributed by atoms with Gasteiger partial charge in [-0.15, -0.1) is 0 Å². The Morgan fingerprint density at radius 3 is 2.10 bits per heavy atom. The minimum atomic E-state index is -0.0210. The number of nitrogens with zero attached hydrogens (tertiary/aromatic N) is 2. The van der Waals surface area contributed by atoms with Crippen LogP contribution in [0.25, 0.3) is 0 Å². The van der Waals surface area contributed by atoms with Crippen molar-refractivity contribution in [2.75, 3.05) is 47.1 Å². The fourth-order valence-corrected chi connectivity index (χ4v) is 3.26. The second kappa shape index (κ2) is 8.47. The summed E-state index contributed by atoms with van der Waals surface area (Å²) in [4.78, 5) is 16.6. The lowest BCUT2D eigenvalue weighted by Crippen LogP contribution is -2.48. The monoisotopic (exact) mass is 286 g/mol. The Balaban J connectivity index is 2.87. The first kappa shape index (κ1) is 17.2. The zero-order valence-corrected chi connectivity index (χ0v) is 13.5. The minimum Gasteiger partial charge on any atom is -0.383 e. The summed E-state index contributed by atoms with van der Waals surface area (Å²) >= 11 is 0. The molecule has 1 saturated heterocycles. The van der Waals surface area contributed by atoms with E-state index in [1.807, 2.05) is 9.80 Å². The van der Waals surface area contributed by atoms with Crippen molar-refractivity contribution in [1.82, 2.24) is 9.80 Å². The van der Waals surface area contributed by atoms with Crippen molar-refractivity contribution in [3.8, 4) is 0 Å². The zero-order valence-electron chi connectivity index (χ0n) is 13.5. The summed E-state index contributed by atoms with van der Waals surface area (Å²) < 4.78 is 10.3. The van der Waals surface area contributed by atoms with E-state index in [9.17, 15) is 4.79 Å². The Hall–Kier alpha value is -0.810. The molecule has 0 aromatic carbocycles. The van der Waals surface area contributed by atoms with Crippen LogP contribution >= 0.6 is 0 Å². The van der Waals surface area contributed by atoms with Crippen molar-refractivity contribution in [2.45, 2.75) is 45.1 Å². The van der Waals surface area contributed by atoms with Crippen LogP contribution in [-0.2, 0) is 9.47 Å². The summed E-state index contributed by atoms with van der Waals surface area (Å²) in [5.41, 5.74) is -0.0210. The summed E-state index contributed by atoms with van der Waals surface area (Å²) in [6.07, 6.45) is 4.29. The molecule has 5 nitrogen and oxygen atoms in total. The average Bonchev–Trinajstić information content (AvgIpc) is 2.68. The first-order valence-corrected chi connectivity index (χ1v) is 7.69. The molecule has 0 radical (unpaired) electrons. The van der Waals surface area contributed by atoms with Crippen LogP contribution in [0.4, 0.5) is 4.79 Å². The van der Waals surface area contributed by atoms with Gasteiger partial charge >= 0.3 is 6.03 Å². The molecule has 1 fully saturated rings. The number of ether oxygens (including phenoxy) is 2. The van der Waals surface area contributed by atoms with Gasteiger partial charge in [-0.05, 0) is 12.8 Å². The third kappa shape index (κ3) is 3.85. The third-order valence-electron chi connectivity index (χ3n) is 4.07. The van der Waals surface area contributed by atoms with Crippen LogP contribution in [0.2, 0.25) is 0 Å². The van der Waals surface area contributed by atoms with Crippen LogP contribution in [-0.4, -0.2) is 68.4 Å².